The molecule has 50 heavy (non-hydrogen) atoms. The number of rotatable bonds is 13. The van der Waals surface area contributed by atoms with Crippen molar-refractivity contribution < 1.29 is 32.9 Å². The first-order valence-corrected chi connectivity index (χ1v) is 20.4. The first kappa shape index (κ1) is 33.6. The molecule has 0 saturated heterocycles. The first-order chi connectivity index (χ1) is 24.7. The van der Waals surface area contributed by atoms with E-state index in [1.54, 1.807) is 60.7 Å². The van der Waals surface area contributed by atoms with Gasteiger partial charge in [-0.05, 0) is 0 Å². The van der Waals surface area contributed by atoms with Gasteiger partial charge in [0.1, 0.15) is 0 Å². The molecule has 1 heterocycles. The molecule has 0 bridgehead atoms. The standard InChI is InChI=1S/C37H34N3O7P3/c41-31-49(45-35-25-13-4-14-26-35)39(42-32-19-7-1-8-20-32)48(44-34-23-11-3-12-24-34)38-50(46-36-27-15-5-16-28-36,47-37-29-17-6-18-30-37)40(49)43-33-21-9-2-10-22-33/h1-30,41,49H,31H2. The van der Waals surface area contributed by atoms with Crippen molar-refractivity contribution in [1.82, 2.24) is 9.21 Å². The van der Waals surface area contributed by atoms with Crippen molar-refractivity contribution >= 4 is 23.9 Å². The van der Waals surface area contributed by atoms with Crippen LogP contribution in [0.2, 0.25) is 0 Å². The molecule has 1 N–H and O–H groups in total. The van der Waals surface area contributed by atoms with Crippen LogP contribution < -0.4 is 27.8 Å². The van der Waals surface area contributed by atoms with Crippen LogP contribution in [0.3, 0.4) is 0 Å². The molecule has 0 saturated carbocycles. The molecule has 0 radical (unpaired) electrons. The van der Waals surface area contributed by atoms with Gasteiger partial charge in [0.2, 0.25) is 0 Å². The maximum absolute atomic E-state index is 11.9. The van der Waals surface area contributed by atoms with Crippen molar-refractivity contribution in [3.05, 3.63) is 182 Å². The van der Waals surface area contributed by atoms with Gasteiger partial charge in [0.15, 0.2) is 0 Å². The zero-order valence-electron chi connectivity index (χ0n) is 26.7. The van der Waals surface area contributed by atoms with Crippen LogP contribution in [0.5, 0.6) is 34.5 Å². The van der Waals surface area contributed by atoms with Crippen LogP contribution in [-0.4, -0.2) is 20.7 Å². The van der Waals surface area contributed by atoms with Crippen molar-refractivity contribution in [3.63, 3.8) is 0 Å². The molecular weight excluding hydrogens is 691 g/mol. The number of hydrogen-bond donors (Lipinski definition) is 1. The summed E-state index contributed by atoms with van der Waals surface area (Å²) in [4.78, 5) is 13.5. The topological polar surface area (TPSA) is 94.5 Å². The molecule has 6 aromatic carbocycles. The van der Waals surface area contributed by atoms with E-state index < -0.39 is 30.2 Å². The van der Waals surface area contributed by atoms with Crippen LogP contribution in [-0.2, 0) is 0 Å². The number of hydrogen-bond acceptors (Lipinski definition) is 10. The summed E-state index contributed by atoms with van der Waals surface area (Å²) in [6.45, 7) is 0. The van der Waals surface area contributed by atoms with Crippen LogP contribution in [0.1, 0.15) is 0 Å². The van der Waals surface area contributed by atoms with E-state index in [1.807, 2.05) is 121 Å². The summed E-state index contributed by atoms with van der Waals surface area (Å²) < 4.78 is 35.8. The van der Waals surface area contributed by atoms with Crippen molar-refractivity contribution in [1.29, 1.82) is 0 Å². The van der Waals surface area contributed by atoms with Crippen LogP contribution >= 0.6 is 23.9 Å². The molecule has 6 aromatic rings. The van der Waals surface area contributed by atoms with Gasteiger partial charge in [-0.2, -0.15) is 0 Å². The molecule has 10 nitrogen and oxygen atoms in total. The van der Waals surface area contributed by atoms with Gasteiger partial charge in [0.25, 0.3) is 0 Å². The fourth-order valence-corrected chi connectivity index (χ4v) is 15.1. The summed E-state index contributed by atoms with van der Waals surface area (Å²) in [5.74, 6) is 2.76. The summed E-state index contributed by atoms with van der Waals surface area (Å²) in [5, 5.41) is 11.9. The number of para-hydroxylation sites is 6. The zero-order valence-corrected chi connectivity index (χ0v) is 29.4. The quantitative estimate of drug-likeness (QED) is 0.117. The third kappa shape index (κ3) is 7.62. The first-order valence-electron chi connectivity index (χ1n) is 15.7. The number of nitrogens with zero attached hydrogens (tertiary/aromatic N) is 3. The summed E-state index contributed by atoms with van der Waals surface area (Å²) in [6, 6.07) is 55.2. The second-order valence-corrected chi connectivity index (χ2v) is 17.8. The Balaban J connectivity index is 1.52. The molecule has 254 valence electrons. The van der Waals surface area contributed by atoms with Crippen LogP contribution in [0.25, 0.3) is 0 Å². The normalized spacial score (nSPS) is 17.3. The van der Waals surface area contributed by atoms with Gasteiger partial charge >= 0.3 is 293 Å². The Morgan fingerprint density at radius 3 is 1.32 bits per heavy atom. The Morgan fingerprint density at radius 2 is 0.880 bits per heavy atom. The molecule has 13 heteroatoms. The molecule has 0 aromatic heterocycles. The molecule has 1 unspecified atom stereocenters. The average molecular weight is 726 g/mol. The van der Waals surface area contributed by atoms with Crippen LogP contribution in [0.15, 0.2) is 187 Å². The van der Waals surface area contributed by atoms with Crippen molar-refractivity contribution in [2.45, 2.75) is 0 Å². The molecular formula is C37H34N3O7P3. The van der Waals surface area contributed by atoms with Gasteiger partial charge in [-0.25, -0.2) is 0 Å². The van der Waals surface area contributed by atoms with E-state index >= 15 is 0 Å². The van der Waals surface area contributed by atoms with Crippen LogP contribution in [0.4, 0.5) is 0 Å². The van der Waals surface area contributed by atoms with E-state index in [4.69, 9.17) is 32.3 Å². The van der Waals surface area contributed by atoms with E-state index in [0.717, 1.165) is 0 Å². The van der Waals surface area contributed by atoms with Gasteiger partial charge in [-0.15, -0.1) is 0 Å². The second kappa shape index (κ2) is 15.8. The molecule has 0 amide bonds. The molecule has 1 aliphatic heterocycles. The van der Waals surface area contributed by atoms with Gasteiger partial charge in [-0.1, -0.05) is 0 Å². The fourth-order valence-electron chi connectivity index (χ4n) is 4.87. The van der Waals surface area contributed by atoms with E-state index in [9.17, 15) is 5.11 Å². The molecule has 0 fully saturated rings. The third-order valence-corrected chi connectivity index (χ3v) is 16.4. The minimum atomic E-state index is -4.29. The zero-order chi connectivity index (χ0) is 34.1. The Morgan fingerprint density at radius 1 is 0.500 bits per heavy atom. The van der Waals surface area contributed by atoms with Crippen molar-refractivity contribution in [2.75, 3.05) is 6.35 Å². The van der Waals surface area contributed by atoms with Crippen molar-refractivity contribution in [3.8, 4) is 34.5 Å². The second-order valence-electron chi connectivity index (χ2n) is 10.7. The average Bonchev–Trinajstić information content (AvgIpc) is 3.17. The van der Waals surface area contributed by atoms with E-state index in [-0.39, 0.29) is 0 Å². The van der Waals surface area contributed by atoms with E-state index in [1.165, 1.54) is 9.21 Å². The summed E-state index contributed by atoms with van der Waals surface area (Å²) in [7, 11) is -10.4. The van der Waals surface area contributed by atoms with Gasteiger partial charge in [0, 0.05) is 0 Å². The van der Waals surface area contributed by atoms with Crippen LogP contribution in [0, 0.1) is 0 Å². The summed E-state index contributed by atoms with van der Waals surface area (Å²) >= 11 is 0. The predicted molar refractivity (Wildman–Crippen MR) is 198 cm³/mol. The Hall–Kier alpha value is -4.91. The SMILES string of the molecule is OC[PH]1(Oc2ccccc2)N(Oc2ccccc2)P(Oc2ccccc2)N=P(Oc2ccccc2)(Oc2ccccc2)N1Oc1ccccc1. The third-order valence-electron chi connectivity index (χ3n) is 7.14. The molecule has 7 rings (SSSR count). The fraction of sp³-hybridized carbons (Fsp3) is 0.0270. The minimum absolute atomic E-state index is 0.428. The van der Waals surface area contributed by atoms with Crippen molar-refractivity contribution in [2.24, 2.45) is 4.52 Å². The van der Waals surface area contributed by atoms with E-state index in [2.05, 4.69) is 0 Å². The summed E-state index contributed by atoms with van der Waals surface area (Å²) in [5.41, 5.74) is 0. The van der Waals surface area contributed by atoms with E-state index in [0.29, 0.717) is 34.5 Å². The molecule has 1 aliphatic rings. The molecule has 0 spiro atoms. The molecule has 1 atom stereocenters. The Labute approximate surface area is 292 Å². The number of aliphatic hydroxyl groups is 1. The Kier molecular flexibility index (Phi) is 10.6. The summed E-state index contributed by atoms with van der Waals surface area (Å²) in [6.07, 6.45) is -0.591. The van der Waals surface area contributed by atoms with Gasteiger partial charge in [0.05, 0.1) is 0 Å². The predicted octanol–water partition coefficient (Wildman–Crippen LogP) is 10.5. The number of aliphatic hydroxyl groups excluding tert-OH is 1. The Bertz CT molecular complexity index is 1940. The monoisotopic (exact) mass is 725 g/mol. The number of benzene rings is 6. The molecule has 0 aliphatic carbocycles. The van der Waals surface area contributed by atoms with Gasteiger partial charge in [-0.3, -0.25) is 0 Å². The maximum atomic E-state index is 11.9. The van der Waals surface area contributed by atoms with Gasteiger partial charge < -0.3 is 0 Å².